The fraction of sp³-hybridized carbons (Fsp3) is 0.952. The highest BCUT2D eigenvalue weighted by molar-refractivity contribution is 5.79. The van der Waals surface area contributed by atoms with Crippen LogP contribution in [0.1, 0.15) is 51.9 Å². The number of aliphatic hydroxyl groups excluding tert-OH is 1. The van der Waals surface area contributed by atoms with Crippen LogP contribution in [0.25, 0.3) is 0 Å². The van der Waals surface area contributed by atoms with Gasteiger partial charge in [-0.15, -0.1) is 0 Å². The number of nitrogens with one attached hydrogen (secondary N) is 3. The molecule has 2 aliphatic carbocycles. The Kier molecular flexibility index (Phi) is 7.09. The molecule has 2 aliphatic heterocycles. The number of hydrogen-bond donors (Lipinski definition) is 4. The predicted octanol–water partition coefficient (Wildman–Crippen LogP) is 0.897. The maximum Gasteiger partial charge on any atom is 0.223 e. The van der Waals surface area contributed by atoms with Gasteiger partial charge in [-0.3, -0.25) is 14.9 Å². The molecule has 166 valence electrons. The second kappa shape index (κ2) is 9.58. The van der Waals surface area contributed by atoms with Crippen molar-refractivity contribution < 1.29 is 24.2 Å². The number of ether oxygens (including phenoxy) is 2. The molecule has 0 aromatic rings. The molecule has 4 rings (SSSR count). The average molecular weight is 412 g/mol. The van der Waals surface area contributed by atoms with Crippen LogP contribution in [0.15, 0.2) is 0 Å². The SMILES string of the molecule is COCC1NC(C2CCC3C(C2)OC[C@H]3NC(=O)C2CCCC([C@H](C)O)C2)NO1. The number of hydrogen-bond acceptors (Lipinski definition) is 7. The van der Waals surface area contributed by atoms with Crippen molar-refractivity contribution in [3.05, 3.63) is 0 Å². The molecule has 2 saturated carbocycles. The summed E-state index contributed by atoms with van der Waals surface area (Å²) in [5.41, 5.74) is 3.10. The van der Waals surface area contributed by atoms with Crippen molar-refractivity contribution in [3.8, 4) is 0 Å². The number of aliphatic hydroxyl groups is 1. The molecular weight excluding hydrogens is 374 g/mol. The van der Waals surface area contributed by atoms with Crippen molar-refractivity contribution in [1.82, 2.24) is 16.1 Å². The van der Waals surface area contributed by atoms with Gasteiger partial charge in [0.15, 0.2) is 6.23 Å². The molecule has 1 amide bonds. The molecule has 0 spiro atoms. The quantitative estimate of drug-likeness (QED) is 0.515. The van der Waals surface area contributed by atoms with Crippen molar-refractivity contribution in [2.75, 3.05) is 20.3 Å². The van der Waals surface area contributed by atoms with Crippen LogP contribution in [0.4, 0.5) is 0 Å². The summed E-state index contributed by atoms with van der Waals surface area (Å²) in [6.07, 6.45) is 6.76. The Balaban J connectivity index is 1.26. The van der Waals surface area contributed by atoms with Gasteiger partial charge in [0.25, 0.3) is 0 Å². The van der Waals surface area contributed by atoms with Crippen LogP contribution in [-0.4, -0.2) is 62.0 Å². The predicted molar refractivity (Wildman–Crippen MR) is 106 cm³/mol. The van der Waals surface area contributed by atoms with Crippen molar-refractivity contribution in [1.29, 1.82) is 0 Å². The lowest BCUT2D eigenvalue weighted by atomic mass is 9.76. The third-order valence-electron chi connectivity index (χ3n) is 7.48. The molecule has 8 heteroatoms. The smallest absolute Gasteiger partial charge is 0.223 e. The first-order valence-corrected chi connectivity index (χ1v) is 11.3. The van der Waals surface area contributed by atoms with Crippen LogP contribution in [0.5, 0.6) is 0 Å². The molecule has 9 atom stereocenters. The minimum absolute atomic E-state index is 0.0282. The number of carbonyl (C=O) groups excluding carboxylic acids is 1. The van der Waals surface area contributed by atoms with E-state index in [9.17, 15) is 9.90 Å². The lowest BCUT2D eigenvalue weighted by Crippen LogP contribution is -2.48. The summed E-state index contributed by atoms with van der Waals surface area (Å²) in [5, 5.41) is 16.6. The van der Waals surface area contributed by atoms with Gasteiger partial charge in [0.1, 0.15) is 0 Å². The molecule has 2 heterocycles. The molecule has 0 aromatic carbocycles. The molecule has 0 bridgehead atoms. The summed E-state index contributed by atoms with van der Waals surface area (Å²) < 4.78 is 11.3. The fourth-order valence-electron chi connectivity index (χ4n) is 5.73. The molecule has 2 saturated heterocycles. The van der Waals surface area contributed by atoms with E-state index in [1.165, 1.54) is 0 Å². The highest BCUT2D eigenvalue weighted by atomic mass is 16.7. The summed E-state index contributed by atoms with van der Waals surface area (Å²) in [5.74, 6) is 1.27. The fourth-order valence-corrected chi connectivity index (χ4v) is 5.73. The third-order valence-corrected chi connectivity index (χ3v) is 7.48. The normalized spacial score (nSPS) is 43.7. The van der Waals surface area contributed by atoms with E-state index in [0.717, 1.165) is 44.9 Å². The maximum absolute atomic E-state index is 12.9. The van der Waals surface area contributed by atoms with Gasteiger partial charge >= 0.3 is 0 Å². The van der Waals surface area contributed by atoms with Crippen molar-refractivity contribution >= 4 is 5.91 Å². The van der Waals surface area contributed by atoms with E-state index in [1.54, 1.807) is 7.11 Å². The first-order chi connectivity index (χ1) is 14.0. The molecule has 4 fully saturated rings. The highest BCUT2D eigenvalue weighted by Gasteiger charge is 2.45. The third kappa shape index (κ3) is 4.94. The van der Waals surface area contributed by atoms with Crippen molar-refractivity contribution in [2.45, 2.75) is 82.5 Å². The van der Waals surface area contributed by atoms with Gasteiger partial charge in [0, 0.05) is 18.9 Å². The number of rotatable bonds is 6. The number of fused-ring (bicyclic) bond motifs is 1. The topological polar surface area (TPSA) is 101 Å². The average Bonchev–Trinajstić information content (AvgIpc) is 3.35. The van der Waals surface area contributed by atoms with E-state index >= 15 is 0 Å². The van der Waals surface area contributed by atoms with Gasteiger partial charge in [-0.25, -0.2) is 0 Å². The Labute approximate surface area is 173 Å². The number of methoxy groups -OCH3 is 1. The molecule has 8 nitrogen and oxygen atoms in total. The Morgan fingerprint density at radius 2 is 2.14 bits per heavy atom. The minimum atomic E-state index is -0.328. The Morgan fingerprint density at radius 1 is 1.28 bits per heavy atom. The largest absolute Gasteiger partial charge is 0.393 e. The summed E-state index contributed by atoms with van der Waals surface area (Å²) in [6.45, 7) is 2.97. The van der Waals surface area contributed by atoms with Gasteiger partial charge in [0.2, 0.25) is 5.91 Å². The number of amides is 1. The maximum atomic E-state index is 12.9. The first kappa shape index (κ1) is 21.5. The summed E-state index contributed by atoms with van der Waals surface area (Å²) in [6, 6.07) is 0.113. The van der Waals surface area contributed by atoms with Gasteiger partial charge in [-0.05, 0) is 57.3 Å². The standard InChI is InChI=1S/C21H37N3O5/c1-12(25)13-4-3-5-15(8-13)21(26)22-17-10-28-18-9-14(6-7-16(17)18)20-23-19(11-27-2)29-24-20/h12-20,23-25H,3-11H2,1-2H3,(H,22,26)/t12-,13?,14?,15?,16?,17+,18?,19?,20?/m0/s1. The van der Waals surface area contributed by atoms with Crippen LogP contribution in [0.3, 0.4) is 0 Å². The molecule has 7 unspecified atom stereocenters. The zero-order valence-electron chi connectivity index (χ0n) is 17.6. The second-order valence-electron chi connectivity index (χ2n) is 9.41. The van der Waals surface area contributed by atoms with Crippen LogP contribution in [0, 0.1) is 23.7 Å². The molecule has 4 N–H and O–H groups in total. The van der Waals surface area contributed by atoms with Crippen molar-refractivity contribution in [3.63, 3.8) is 0 Å². The Bertz CT molecular complexity index is 562. The Hall–Kier alpha value is -0.770. The Morgan fingerprint density at radius 3 is 2.93 bits per heavy atom. The van der Waals surface area contributed by atoms with E-state index in [1.807, 2.05) is 6.92 Å². The summed E-state index contributed by atoms with van der Waals surface area (Å²) in [7, 11) is 1.67. The molecular formula is C21H37N3O5. The van der Waals surface area contributed by atoms with E-state index in [0.29, 0.717) is 25.0 Å². The molecule has 4 aliphatic rings. The lowest BCUT2D eigenvalue weighted by Gasteiger charge is -2.36. The lowest BCUT2D eigenvalue weighted by molar-refractivity contribution is -0.128. The zero-order valence-corrected chi connectivity index (χ0v) is 17.6. The van der Waals surface area contributed by atoms with Crippen molar-refractivity contribution in [2.24, 2.45) is 23.7 Å². The van der Waals surface area contributed by atoms with Gasteiger partial charge in [0.05, 0.1) is 37.6 Å². The first-order valence-electron chi connectivity index (χ1n) is 11.3. The van der Waals surface area contributed by atoms with Crippen LogP contribution in [-0.2, 0) is 19.1 Å². The van der Waals surface area contributed by atoms with Crippen LogP contribution < -0.4 is 16.1 Å². The number of carbonyl (C=O) groups is 1. The van der Waals surface area contributed by atoms with Gasteiger partial charge in [-0.2, -0.15) is 5.48 Å². The van der Waals surface area contributed by atoms with E-state index in [2.05, 4.69) is 16.1 Å². The van der Waals surface area contributed by atoms with Crippen LogP contribution >= 0.6 is 0 Å². The van der Waals surface area contributed by atoms with E-state index < -0.39 is 0 Å². The number of hydroxylamine groups is 1. The summed E-state index contributed by atoms with van der Waals surface area (Å²) >= 11 is 0. The van der Waals surface area contributed by atoms with Gasteiger partial charge in [-0.1, -0.05) is 6.42 Å². The second-order valence-corrected chi connectivity index (χ2v) is 9.41. The zero-order chi connectivity index (χ0) is 20.4. The minimum Gasteiger partial charge on any atom is -0.393 e. The van der Waals surface area contributed by atoms with Crippen LogP contribution in [0.2, 0.25) is 0 Å². The van der Waals surface area contributed by atoms with E-state index in [-0.39, 0.29) is 48.4 Å². The van der Waals surface area contributed by atoms with Gasteiger partial charge < -0.3 is 19.9 Å². The molecule has 29 heavy (non-hydrogen) atoms. The van der Waals surface area contributed by atoms with E-state index in [4.69, 9.17) is 14.3 Å². The molecule has 0 radical (unpaired) electrons. The monoisotopic (exact) mass is 411 g/mol. The highest BCUT2D eigenvalue weighted by Crippen LogP contribution is 2.39. The molecule has 0 aromatic heterocycles. The summed E-state index contributed by atoms with van der Waals surface area (Å²) in [4.78, 5) is 18.4.